The van der Waals surface area contributed by atoms with E-state index in [9.17, 15) is 9.18 Å². The molecular formula is C17H15FN4O2. The summed E-state index contributed by atoms with van der Waals surface area (Å²) in [5.41, 5.74) is 1.90. The Morgan fingerprint density at radius 2 is 1.88 bits per heavy atom. The van der Waals surface area contributed by atoms with Crippen molar-refractivity contribution in [1.29, 1.82) is 0 Å². The quantitative estimate of drug-likeness (QED) is 0.800. The first-order valence-electron chi connectivity index (χ1n) is 7.23. The Kier molecular flexibility index (Phi) is 4.24. The van der Waals surface area contributed by atoms with Gasteiger partial charge in [0.05, 0.1) is 24.2 Å². The van der Waals surface area contributed by atoms with Gasteiger partial charge in [0.15, 0.2) is 5.69 Å². The lowest BCUT2D eigenvalue weighted by Crippen LogP contribution is -2.14. The van der Waals surface area contributed by atoms with Crippen LogP contribution in [-0.4, -0.2) is 28.0 Å². The number of para-hydroxylation sites is 2. The Morgan fingerprint density at radius 1 is 1.17 bits per heavy atom. The fourth-order valence-corrected chi connectivity index (χ4v) is 2.30. The zero-order valence-electron chi connectivity index (χ0n) is 13.2. The van der Waals surface area contributed by atoms with Crippen LogP contribution in [-0.2, 0) is 0 Å². The highest BCUT2D eigenvalue weighted by Gasteiger charge is 2.18. The number of carbonyl (C=O) groups is 1. The van der Waals surface area contributed by atoms with Gasteiger partial charge >= 0.3 is 0 Å². The van der Waals surface area contributed by atoms with Crippen molar-refractivity contribution < 1.29 is 13.9 Å². The number of carbonyl (C=O) groups excluding carboxylic acids is 1. The lowest BCUT2D eigenvalue weighted by Gasteiger charge is -2.09. The molecule has 6 nitrogen and oxygen atoms in total. The molecule has 7 heteroatoms. The molecule has 0 saturated carbocycles. The van der Waals surface area contributed by atoms with E-state index in [0.717, 1.165) is 0 Å². The van der Waals surface area contributed by atoms with Crippen LogP contribution in [0.15, 0.2) is 48.5 Å². The number of rotatable bonds is 4. The first-order valence-corrected chi connectivity index (χ1v) is 7.23. The van der Waals surface area contributed by atoms with Crippen molar-refractivity contribution in [3.63, 3.8) is 0 Å². The molecule has 1 aromatic heterocycles. The molecule has 3 rings (SSSR count). The summed E-state index contributed by atoms with van der Waals surface area (Å²) >= 11 is 0. The van der Waals surface area contributed by atoms with Gasteiger partial charge in [-0.05, 0) is 43.3 Å². The summed E-state index contributed by atoms with van der Waals surface area (Å²) in [6.07, 6.45) is 0. The summed E-state index contributed by atoms with van der Waals surface area (Å²) in [6, 6.07) is 12.9. The molecule has 0 fully saturated rings. The summed E-state index contributed by atoms with van der Waals surface area (Å²) in [4.78, 5) is 12.5. The van der Waals surface area contributed by atoms with Gasteiger partial charge < -0.3 is 10.1 Å². The Balaban J connectivity index is 1.87. The zero-order chi connectivity index (χ0) is 17.1. The minimum Gasteiger partial charge on any atom is -0.495 e. The van der Waals surface area contributed by atoms with Crippen molar-refractivity contribution in [2.24, 2.45) is 0 Å². The average molecular weight is 326 g/mol. The van der Waals surface area contributed by atoms with Gasteiger partial charge in [-0.25, -0.2) is 9.07 Å². The second-order valence-corrected chi connectivity index (χ2v) is 5.07. The number of amides is 1. The van der Waals surface area contributed by atoms with Crippen molar-refractivity contribution >= 4 is 11.6 Å². The largest absolute Gasteiger partial charge is 0.495 e. The van der Waals surface area contributed by atoms with Crippen LogP contribution < -0.4 is 10.1 Å². The number of halogens is 1. The third kappa shape index (κ3) is 2.96. The lowest BCUT2D eigenvalue weighted by atomic mass is 10.2. The molecule has 0 unspecified atom stereocenters. The van der Waals surface area contributed by atoms with E-state index in [0.29, 0.717) is 22.8 Å². The first kappa shape index (κ1) is 15.7. The fourth-order valence-electron chi connectivity index (χ4n) is 2.30. The third-order valence-electron chi connectivity index (χ3n) is 3.54. The maximum Gasteiger partial charge on any atom is 0.278 e. The number of hydrogen-bond acceptors (Lipinski definition) is 4. The predicted molar refractivity (Wildman–Crippen MR) is 87.0 cm³/mol. The van der Waals surface area contributed by atoms with Gasteiger partial charge in [0.2, 0.25) is 0 Å². The van der Waals surface area contributed by atoms with Gasteiger partial charge in [0, 0.05) is 0 Å². The van der Waals surface area contributed by atoms with E-state index in [1.165, 1.54) is 23.9 Å². The van der Waals surface area contributed by atoms with E-state index in [4.69, 9.17) is 4.74 Å². The predicted octanol–water partition coefficient (Wildman–Crippen LogP) is 2.98. The number of anilines is 1. The molecule has 2 aromatic carbocycles. The van der Waals surface area contributed by atoms with E-state index < -0.39 is 5.91 Å². The molecule has 1 amide bonds. The first-order chi connectivity index (χ1) is 11.6. The number of benzene rings is 2. The molecular weight excluding hydrogens is 311 g/mol. The summed E-state index contributed by atoms with van der Waals surface area (Å²) in [5, 5.41) is 10.7. The number of methoxy groups -OCH3 is 1. The minimum absolute atomic E-state index is 0.185. The smallest absolute Gasteiger partial charge is 0.278 e. The highest BCUT2D eigenvalue weighted by Crippen LogP contribution is 2.24. The second-order valence-electron chi connectivity index (χ2n) is 5.07. The summed E-state index contributed by atoms with van der Waals surface area (Å²) in [6.45, 7) is 1.72. The Morgan fingerprint density at radius 3 is 2.58 bits per heavy atom. The molecule has 0 radical (unpaired) electrons. The van der Waals surface area contributed by atoms with Gasteiger partial charge in [-0.3, -0.25) is 4.79 Å². The Labute approximate surface area is 137 Å². The monoisotopic (exact) mass is 326 g/mol. The molecule has 0 aliphatic heterocycles. The molecule has 1 heterocycles. The van der Waals surface area contributed by atoms with Crippen molar-refractivity contribution in [2.75, 3.05) is 12.4 Å². The van der Waals surface area contributed by atoms with Crippen molar-refractivity contribution in [1.82, 2.24) is 15.0 Å². The van der Waals surface area contributed by atoms with Crippen LogP contribution in [0.1, 0.15) is 16.2 Å². The molecule has 122 valence electrons. The van der Waals surface area contributed by atoms with Gasteiger partial charge in [-0.15, -0.1) is 5.10 Å². The van der Waals surface area contributed by atoms with E-state index >= 15 is 0 Å². The average Bonchev–Trinajstić information content (AvgIpc) is 2.98. The zero-order valence-corrected chi connectivity index (χ0v) is 13.2. The van der Waals surface area contributed by atoms with Gasteiger partial charge in [-0.2, -0.15) is 0 Å². The standard InChI is InChI=1S/C17H15FN4O2/c1-11-16(17(23)19-14-5-3-4-6-15(14)24-2)20-21-22(11)13-9-7-12(18)8-10-13/h3-10H,1-2H3,(H,19,23). The maximum atomic E-state index is 13.0. The molecule has 0 atom stereocenters. The van der Waals surface area contributed by atoms with Crippen LogP contribution in [0, 0.1) is 12.7 Å². The number of ether oxygens (including phenoxy) is 1. The Bertz CT molecular complexity index is 875. The van der Waals surface area contributed by atoms with E-state index in [1.807, 2.05) is 6.07 Å². The number of nitrogens with zero attached hydrogens (tertiary/aromatic N) is 3. The van der Waals surface area contributed by atoms with E-state index in [-0.39, 0.29) is 11.5 Å². The molecule has 0 bridgehead atoms. The van der Waals surface area contributed by atoms with Crippen molar-refractivity contribution in [2.45, 2.75) is 6.92 Å². The van der Waals surface area contributed by atoms with Crippen molar-refractivity contribution in [3.8, 4) is 11.4 Å². The molecule has 1 N–H and O–H groups in total. The molecule has 0 aliphatic carbocycles. The Hall–Kier alpha value is -3.22. The van der Waals surface area contributed by atoms with Crippen LogP contribution in [0.3, 0.4) is 0 Å². The normalized spacial score (nSPS) is 10.5. The van der Waals surface area contributed by atoms with Crippen LogP contribution >= 0.6 is 0 Å². The summed E-state index contributed by atoms with van der Waals surface area (Å²) < 4.78 is 19.7. The maximum absolute atomic E-state index is 13.0. The molecule has 0 spiro atoms. The number of aromatic nitrogens is 3. The SMILES string of the molecule is COc1ccccc1NC(=O)c1nnn(-c2ccc(F)cc2)c1C. The molecule has 3 aromatic rings. The van der Waals surface area contributed by atoms with Crippen molar-refractivity contribution in [3.05, 3.63) is 65.7 Å². The fraction of sp³-hybridized carbons (Fsp3) is 0.118. The van der Waals surface area contributed by atoms with E-state index in [1.54, 1.807) is 37.3 Å². The lowest BCUT2D eigenvalue weighted by molar-refractivity contribution is 0.102. The number of nitrogens with one attached hydrogen (secondary N) is 1. The van der Waals surface area contributed by atoms with E-state index in [2.05, 4.69) is 15.6 Å². The molecule has 24 heavy (non-hydrogen) atoms. The van der Waals surface area contributed by atoms with Crippen LogP contribution in [0.4, 0.5) is 10.1 Å². The summed E-state index contributed by atoms with van der Waals surface area (Å²) in [7, 11) is 1.53. The van der Waals surface area contributed by atoms with Gasteiger partial charge in [-0.1, -0.05) is 17.3 Å². The second kappa shape index (κ2) is 6.49. The minimum atomic E-state index is -0.398. The van der Waals surface area contributed by atoms with Crippen LogP contribution in [0.5, 0.6) is 5.75 Å². The van der Waals surface area contributed by atoms with Gasteiger partial charge in [0.25, 0.3) is 5.91 Å². The molecule has 0 aliphatic rings. The van der Waals surface area contributed by atoms with Gasteiger partial charge in [0.1, 0.15) is 11.6 Å². The third-order valence-corrected chi connectivity index (χ3v) is 3.54. The number of hydrogen-bond donors (Lipinski definition) is 1. The van der Waals surface area contributed by atoms with Crippen LogP contribution in [0.2, 0.25) is 0 Å². The summed E-state index contributed by atoms with van der Waals surface area (Å²) in [5.74, 6) is -0.189. The highest BCUT2D eigenvalue weighted by molar-refractivity contribution is 6.04. The van der Waals surface area contributed by atoms with Crippen LogP contribution in [0.25, 0.3) is 5.69 Å². The highest BCUT2D eigenvalue weighted by atomic mass is 19.1. The topological polar surface area (TPSA) is 69.0 Å². The molecule has 0 saturated heterocycles.